The van der Waals surface area contributed by atoms with Crippen LogP contribution in [0.2, 0.25) is 0 Å². The highest BCUT2D eigenvalue weighted by atomic mass is 19.1. The van der Waals surface area contributed by atoms with E-state index in [1.165, 1.54) is 6.07 Å². The number of amides is 1. The van der Waals surface area contributed by atoms with E-state index >= 15 is 0 Å². The van der Waals surface area contributed by atoms with Crippen LogP contribution in [0, 0.1) is 11.7 Å². The Balaban J connectivity index is 0.000000459. The monoisotopic (exact) mass is 450 g/mol. The van der Waals surface area contributed by atoms with Gasteiger partial charge >= 0.3 is 0 Å². The Morgan fingerprint density at radius 2 is 1.82 bits per heavy atom. The number of carbonyl (C=O) groups is 2. The van der Waals surface area contributed by atoms with Crippen LogP contribution in [0.25, 0.3) is 10.8 Å². The lowest BCUT2D eigenvalue weighted by Crippen LogP contribution is -2.47. The lowest BCUT2D eigenvalue weighted by molar-refractivity contribution is -0.108. The number of likely N-dealkylation sites (N-methyl/N-ethyl adjacent to an activating group) is 1. The van der Waals surface area contributed by atoms with Gasteiger partial charge in [0.15, 0.2) is 0 Å². The standard InChI is InChI=1S/C21H21FN4O2.C4H6O/c1-25-8-10-26(11-9-25)21(28)17-12-14(6-7-18(17)22)13-19-15-4-2-3-5-16(15)20(27)24-23-19;5-3-4-1-2-4/h2-7,12H,8-11,13H2,1H3,(H,24,27);3-4H,1-2H2. The van der Waals surface area contributed by atoms with Crippen molar-refractivity contribution in [2.75, 3.05) is 33.2 Å². The van der Waals surface area contributed by atoms with Gasteiger partial charge in [0.05, 0.1) is 16.6 Å². The third-order valence-corrected chi connectivity index (χ3v) is 6.01. The van der Waals surface area contributed by atoms with E-state index in [0.717, 1.165) is 43.2 Å². The Kier molecular flexibility index (Phi) is 6.93. The lowest BCUT2D eigenvalue weighted by Gasteiger charge is -2.32. The molecule has 1 aliphatic heterocycles. The van der Waals surface area contributed by atoms with E-state index in [4.69, 9.17) is 0 Å². The van der Waals surface area contributed by atoms with Gasteiger partial charge in [-0.25, -0.2) is 9.49 Å². The van der Waals surface area contributed by atoms with Crippen molar-refractivity contribution in [2.45, 2.75) is 19.3 Å². The molecule has 1 aliphatic carbocycles. The Labute approximate surface area is 191 Å². The normalized spacial score (nSPS) is 16.2. The summed E-state index contributed by atoms with van der Waals surface area (Å²) in [6.45, 7) is 2.73. The van der Waals surface area contributed by atoms with E-state index in [1.54, 1.807) is 29.2 Å². The van der Waals surface area contributed by atoms with Gasteiger partial charge in [0.1, 0.15) is 12.1 Å². The molecule has 1 amide bonds. The van der Waals surface area contributed by atoms with Crippen LogP contribution in [0.15, 0.2) is 47.3 Å². The zero-order valence-corrected chi connectivity index (χ0v) is 18.6. The number of aromatic amines is 1. The van der Waals surface area contributed by atoms with E-state index in [9.17, 15) is 18.8 Å². The first kappa shape index (κ1) is 22.8. The quantitative estimate of drug-likeness (QED) is 0.618. The minimum Gasteiger partial charge on any atom is -0.336 e. The number of halogens is 1. The largest absolute Gasteiger partial charge is 0.336 e. The number of carbonyl (C=O) groups excluding carboxylic acids is 2. The van der Waals surface area contributed by atoms with Gasteiger partial charge in [-0.05, 0) is 43.7 Å². The second-order valence-corrected chi connectivity index (χ2v) is 8.60. The number of hydrogen-bond acceptors (Lipinski definition) is 5. The molecule has 172 valence electrons. The topological polar surface area (TPSA) is 86.4 Å². The third-order valence-electron chi connectivity index (χ3n) is 6.01. The van der Waals surface area contributed by atoms with Gasteiger partial charge in [-0.2, -0.15) is 5.10 Å². The van der Waals surface area contributed by atoms with Crippen molar-refractivity contribution in [2.24, 2.45) is 5.92 Å². The van der Waals surface area contributed by atoms with Crippen molar-refractivity contribution >= 4 is 23.0 Å². The summed E-state index contributed by atoms with van der Waals surface area (Å²) in [5.74, 6) is -0.353. The van der Waals surface area contributed by atoms with E-state index in [1.807, 2.05) is 19.2 Å². The van der Waals surface area contributed by atoms with Crippen molar-refractivity contribution < 1.29 is 14.0 Å². The number of H-pyrrole nitrogens is 1. The van der Waals surface area contributed by atoms with Crippen LogP contribution in [0.4, 0.5) is 4.39 Å². The van der Waals surface area contributed by atoms with Gasteiger partial charge in [0.2, 0.25) is 0 Å². The fraction of sp³-hybridized carbons (Fsp3) is 0.360. The molecule has 2 fully saturated rings. The van der Waals surface area contributed by atoms with Gasteiger partial charge in [0, 0.05) is 43.9 Å². The first-order valence-electron chi connectivity index (χ1n) is 11.1. The number of nitrogens with one attached hydrogen (secondary N) is 1. The highest BCUT2D eigenvalue weighted by Crippen LogP contribution is 2.25. The minimum absolute atomic E-state index is 0.0794. The molecule has 0 atom stereocenters. The zero-order chi connectivity index (χ0) is 23.4. The van der Waals surface area contributed by atoms with Crippen molar-refractivity contribution in [3.8, 4) is 0 Å². The molecule has 3 aromatic rings. The molecule has 5 rings (SSSR count). The van der Waals surface area contributed by atoms with Crippen LogP contribution in [0.5, 0.6) is 0 Å². The molecule has 0 radical (unpaired) electrons. The van der Waals surface area contributed by atoms with Crippen molar-refractivity contribution in [3.63, 3.8) is 0 Å². The highest BCUT2D eigenvalue weighted by molar-refractivity contribution is 5.95. The summed E-state index contributed by atoms with van der Waals surface area (Å²) in [5, 5.41) is 7.98. The molecule has 8 heteroatoms. The fourth-order valence-corrected chi connectivity index (χ4v) is 3.76. The lowest BCUT2D eigenvalue weighted by atomic mass is 10.0. The molecule has 1 aromatic heterocycles. The molecule has 1 saturated carbocycles. The number of rotatable bonds is 4. The maximum Gasteiger partial charge on any atom is 0.272 e. The predicted molar refractivity (Wildman–Crippen MR) is 124 cm³/mol. The number of nitrogens with zero attached hydrogens (tertiary/aromatic N) is 3. The minimum atomic E-state index is -0.521. The van der Waals surface area contributed by atoms with Crippen molar-refractivity contribution in [1.29, 1.82) is 0 Å². The highest BCUT2D eigenvalue weighted by Gasteiger charge is 2.23. The van der Waals surface area contributed by atoms with Crippen molar-refractivity contribution in [3.05, 3.63) is 75.5 Å². The summed E-state index contributed by atoms with van der Waals surface area (Å²) in [5.41, 5.74) is 1.28. The van der Waals surface area contributed by atoms with Gasteiger partial charge in [-0.3, -0.25) is 9.59 Å². The van der Waals surface area contributed by atoms with Crippen LogP contribution in [-0.2, 0) is 11.2 Å². The van der Waals surface area contributed by atoms with E-state index in [-0.39, 0.29) is 17.0 Å². The molecule has 33 heavy (non-hydrogen) atoms. The van der Waals surface area contributed by atoms with E-state index in [2.05, 4.69) is 15.1 Å². The molecule has 1 N–H and O–H groups in total. The Morgan fingerprint density at radius 1 is 1.12 bits per heavy atom. The number of fused-ring (bicyclic) bond motifs is 1. The molecule has 7 nitrogen and oxygen atoms in total. The zero-order valence-electron chi connectivity index (χ0n) is 18.6. The molecule has 0 unspecified atom stereocenters. The number of benzene rings is 2. The van der Waals surface area contributed by atoms with E-state index in [0.29, 0.717) is 36.5 Å². The molecule has 1 saturated heterocycles. The van der Waals surface area contributed by atoms with Crippen LogP contribution in [-0.4, -0.2) is 65.4 Å². The SMILES string of the molecule is CN1CCN(C(=O)c2cc(Cc3n[nH]c(=O)c4ccccc34)ccc2F)CC1.O=CC1CC1. The molecule has 0 bridgehead atoms. The van der Waals surface area contributed by atoms with Gasteiger partial charge in [-0.1, -0.05) is 24.3 Å². The Bertz CT molecular complexity index is 1210. The number of piperazine rings is 1. The molecule has 2 heterocycles. The summed E-state index contributed by atoms with van der Waals surface area (Å²) >= 11 is 0. The van der Waals surface area contributed by atoms with E-state index < -0.39 is 5.82 Å². The molecular formula is C25H27FN4O3. The average molecular weight is 451 g/mol. The van der Waals surface area contributed by atoms with Gasteiger partial charge in [-0.15, -0.1) is 0 Å². The predicted octanol–water partition coefficient (Wildman–Crippen LogP) is 2.64. The van der Waals surface area contributed by atoms with Gasteiger partial charge in [0.25, 0.3) is 11.5 Å². The van der Waals surface area contributed by atoms with Crippen LogP contribution < -0.4 is 5.56 Å². The van der Waals surface area contributed by atoms with Crippen molar-refractivity contribution in [1.82, 2.24) is 20.0 Å². The van der Waals surface area contributed by atoms with Crippen LogP contribution in [0.3, 0.4) is 0 Å². The Hall–Kier alpha value is -3.39. The maximum absolute atomic E-state index is 14.4. The van der Waals surface area contributed by atoms with Crippen LogP contribution >= 0.6 is 0 Å². The summed E-state index contributed by atoms with van der Waals surface area (Å²) < 4.78 is 14.4. The number of aromatic nitrogens is 2. The summed E-state index contributed by atoms with van der Waals surface area (Å²) in [7, 11) is 2.00. The fourth-order valence-electron chi connectivity index (χ4n) is 3.76. The summed E-state index contributed by atoms with van der Waals surface area (Å²) in [6.07, 6.45) is 3.70. The van der Waals surface area contributed by atoms with Crippen LogP contribution in [0.1, 0.15) is 34.5 Å². The molecule has 2 aromatic carbocycles. The Morgan fingerprint density at radius 3 is 2.45 bits per heavy atom. The maximum atomic E-state index is 14.4. The third kappa shape index (κ3) is 5.51. The smallest absolute Gasteiger partial charge is 0.272 e. The number of hydrogen-bond donors (Lipinski definition) is 1. The average Bonchev–Trinajstić information content (AvgIpc) is 3.68. The molecule has 2 aliphatic rings. The van der Waals surface area contributed by atoms with Gasteiger partial charge < -0.3 is 14.6 Å². The first-order chi connectivity index (χ1) is 16.0. The second kappa shape index (κ2) is 10.0. The number of aldehydes is 1. The summed E-state index contributed by atoms with van der Waals surface area (Å²) in [4.78, 5) is 38.1. The first-order valence-corrected chi connectivity index (χ1v) is 11.1. The second-order valence-electron chi connectivity index (χ2n) is 8.60. The molecule has 0 spiro atoms. The summed E-state index contributed by atoms with van der Waals surface area (Å²) in [6, 6.07) is 11.8. The molecular weight excluding hydrogens is 423 g/mol.